The molecule has 0 aromatic rings. The van der Waals surface area contributed by atoms with Crippen LogP contribution < -0.4 is 0 Å². The molecule has 92 valence electrons. The number of Topliss-reactive ketones (excluding diaryl/α,β-unsaturated/α-hetero) is 1. The number of hydrogen-bond donors (Lipinski definition) is 2. The molecular formula is C12H20O4. The van der Waals surface area contributed by atoms with Crippen molar-refractivity contribution >= 4 is 5.78 Å². The molecule has 2 N–H and O–H groups in total. The van der Waals surface area contributed by atoms with E-state index in [1.807, 2.05) is 0 Å². The Labute approximate surface area is 95.6 Å². The molecule has 16 heavy (non-hydrogen) atoms. The Balaban J connectivity index is 2.29. The van der Waals surface area contributed by atoms with Crippen LogP contribution in [0.1, 0.15) is 40.5 Å². The van der Waals surface area contributed by atoms with Gasteiger partial charge in [-0.3, -0.25) is 4.79 Å². The maximum Gasteiger partial charge on any atom is 0.185 e. The van der Waals surface area contributed by atoms with E-state index in [9.17, 15) is 15.0 Å². The van der Waals surface area contributed by atoms with Crippen molar-refractivity contribution in [3.8, 4) is 0 Å². The van der Waals surface area contributed by atoms with Crippen LogP contribution in [-0.2, 0) is 9.53 Å². The Bertz CT molecular complexity index is 332. The smallest absolute Gasteiger partial charge is 0.185 e. The Morgan fingerprint density at radius 3 is 2.44 bits per heavy atom. The maximum atomic E-state index is 11.5. The van der Waals surface area contributed by atoms with Crippen LogP contribution in [-0.4, -0.2) is 34.0 Å². The van der Waals surface area contributed by atoms with Crippen molar-refractivity contribution in [2.45, 2.75) is 58.5 Å². The van der Waals surface area contributed by atoms with E-state index in [0.29, 0.717) is 12.8 Å². The SMILES string of the molecule is CC(=O)[C@@H]1O[C@@H](O)C2(O)C[C@]12CC(C)(C)C. The highest BCUT2D eigenvalue weighted by molar-refractivity contribution is 5.83. The van der Waals surface area contributed by atoms with Crippen molar-refractivity contribution in [2.75, 3.05) is 0 Å². The van der Waals surface area contributed by atoms with E-state index >= 15 is 0 Å². The molecule has 4 atom stereocenters. The molecule has 2 rings (SSSR count). The van der Waals surface area contributed by atoms with Gasteiger partial charge in [0.1, 0.15) is 11.7 Å². The summed E-state index contributed by atoms with van der Waals surface area (Å²) in [5.74, 6) is -0.114. The summed E-state index contributed by atoms with van der Waals surface area (Å²) >= 11 is 0. The number of carbonyl (C=O) groups is 1. The number of aliphatic hydroxyl groups is 2. The highest BCUT2D eigenvalue weighted by Crippen LogP contribution is 2.70. The number of carbonyl (C=O) groups excluding carboxylic acids is 1. The summed E-state index contributed by atoms with van der Waals surface area (Å²) in [5, 5.41) is 19.9. The fraction of sp³-hybridized carbons (Fsp3) is 0.917. The third kappa shape index (κ3) is 1.44. The van der Waals surface area contributed by atoms with Crippen LogP contribution >= 0.6 is 0 Å². The lowest BCUT2D eigenvalue weighted by atomic mass is 9.78. The van der Waals surface area contributed by atoms with Crippen LogP contribution in [0.25, 0.3) is 0 Å². The zero-order chi connectivity index (χ0) is 12.4. The van der Waals surface area contributed by atoms with Gasteiger partial charge in [-0.1, -0.05) is 20.8 Å². The van der Waals surface area contributed by atoms with Gasteiger partial charge < -0.3 is 14.9 Å². The molecule has 1 saturated carbocycles. The maximum absolute atomic E-state index is 11.5. The standard InChI is InChI=1S/C12H20O4/c1-7(13)8-11(5-10(2,3)4)6-12(11,15)9(14)16-8/h8-9,14-15H,5-6H2,1-4H3/t8-,9+,11+,12?/m0/s1. The van der Waals surface area contributed by atoms with E-state index in [0.717, 1.165) is 0 Å². The average Bonchev–Trinajstić information content (AvgIpc) is 2.58. The van der Waals surface area contributed by atoms with Gasteiger partial charge in [0.15, 0.2) is 12.1 Å². The van der Waals surface area contributed by atoms with E-state index in [1.165, 1.54) is 6.92 Å². The van der Waals surface area contributed by atoms with Crippen LogP contribution in [0.3, 0.4) is 0 Å². The molecule has 0 bridgehead atoms. The number of hydrogen-bond acceptors (Lipinski definition) is 4. The van der Waals surface area contributed by atoms with Crippen LogP contribution in [0.15, 0.2) is 0 Å². The van der Waals surface area contributed by atoms with Crippen molar-refractivity contribution < 1.29 is 19.7 Å². The third-order valence-corrected chi connectivity index (χ3v) is 3.71. The molecule has 1 aliphatic carbocycles. The summed E-state index contributed by atoms with van der Waals surface area (Å²) in [6.45, 7) is 7.62. The molecule has 4 heteroatoms. The zero-order valence-corrected chi connectivity index (χ0v) is 10.3. The van der Waals surface area contributed by atoms with E-state index in [1.54, 1.807) is 0 Å². The largest absolute Gasteiger partial charge is 0.384 e. The molecule has 0 aromatic heterocycles. The van der Waals surface area contributed by atoms with Gasteiger partial charge in [0.25, 0.3) is 0 Å². The summed E-state index contributed by atoms with van der Waals surface area (Å²) in [7, 11) is 0. The highest BCUT2D eigenvalue weighted by Gasteiger charge is 2.80. The summed E-state index contributed by atoms with van der Waals surface area (Å²) in [4.78, 5) is 11.5. The predicted octanol–water partition coefficient (Wildman–Crippen LogP) is 0.850. The van der Waals surface area contributed by atoms with Crippen molar-refractivity contribution in [1.82, 2.24) is 0 Å². The lowest BCUT2D eigenvalue weighted by Gasteiger charge is -2.28. The van der Waals surface area contributed by atoms with Crippen molar-refractivity contribution in [2.24, 2.45) is 10.8 Å². The monoisotopic (exact) mass is 228 g/mol. The van der Waals surface area contributed by atoms with Crippen LogP contribution in [0.5, 0.6) is 0 Å². The molecule has 4 nitrogen and oxygen atoms in total. The van der Waals surface area contributed by atoms with Crippen LogP contribution in [0, 0.1) is 10.8 Å². The third-order valence-electron chi connectivity index (χ3n) is 3.71. The van der Waals surface area contributed by atoms with Gasteiger partial charge in [0.05, 0.1) is 0 Å². The quantitative estimate of drug-likeness (QED) is 0.735. The van der Waals surface area contributed by atoms with Gasteiger partial charge in [-0.25, -0.2) is 0 Å². The lowest BCUT2D eigenvalue weighted by Crippen LogP contribution is -2.33. The fourth-order valence-electron chi connectivity index (χ4n) is 3.20. The Kier molecular flexibility index (Phi) is 2.30. The fourth-order valence-corrected chi connectivity index (χ4v) is 3.20. The average molecular weight is 228 g/mol. The van der Waals surface area contributed by atoms with Gasteiger partial charge >= 0.3 is 0 Å². The molecule has 0 aromatic carbocycles. The number of rotatable bonds is 2. The minimum atomic E-state index is -1.22. The number of ether oxygens (including phenoxy) is 1. The first-order chi connectivity index (χ1) is 7.12. The zero-order valence-electron chi connectivity index (χ0n) is 10.3. The summed E-state index contributed by atoms with van der Waals surface area (Å²) in [5.41, 5.74) is -1.79. The Morgan fingerprint density at radius 2 is 2.06 bits per heavy atom. The molecule has 1 unspecified atom stereocenters. The van der Waals surface area contributed by atoms with Crippen LogP contribution in [0.2, 0.25) is 0 Å². The lowest BCUT2D eigenvalue weighted by molar-refractivity contribution is -0.166. The molecule has 1 heterocycles. The van der Waals surface area contributed by atoms with E-state index in [4.69, 9.17) is 4.74 Å². The molecule has 0 radical (unpaired) electrons. The van der Waals surface area contributed by atoms with Gasteiger partial charge in [-0.15, -0.1) is 0 Å². The number of ketones is 1. The van der Waals surface area contributed by atoms with Crippen LogP contribution in [0.4, 0.5) is 0 Å². The van der Waals surface area contributed by atoms with E-state index < -0.39 is 23.4 Å². The van der Waals surface area contributed by atoms with Gasteiger partial charge in [0, 0.05) is 5.41 Å². The number of aliphatic hydroxyl groups excluding tert-OH is 1. The Morgan fingerprint density at radius 1 is 1.50 bits per heavy atom. The predicted molar refractivity (Wildman–Crippen MR) is 57.6 cm³/mol. The second kappa shape index (κ2) is 3.06. The first kappa shape index (κ1) is 12.0. The first-order valence-electron chi connectivity index (χ1n) is 5.69. The highest BCUT2D eigenvalue weighted by atomic mass is 16.6. The molecule has 1 aliphatic heterocycles. The van der Waals surface area contributed by atoms with E-state index in [-0.39, 0.29) is 11.2 Å². The molecule has 1 saturated heterocycles. The molecular weight excluding hydrogens is 208 g/mol. The minimum absolute atomic E-state index is 0.00833. The Hall–Kier alpha value is -0.450. The van der Waals surface area contributed by atoms with Gasteiger partial charge in [0.2, 0.25) is 0 Å². The van der Waals surface area contributed by atoms with Crippen molar-refractivity contribution in [1.29, 1.82) is 0 Å². The molecule has 0 spiro atoms. The number of fused-ring (bicyclic) bond motifs is 1. The van der Waals surface area contributed by atoms with Crippen molar-refractivity contribution in [3.63, 3.8) is 0 Å². The summed E-state index contributed by atoms with van der Waals surface area (Å²) in [6.07, 6.45) is -0.740. The summed E-state index contributed by atoms with van der Waals surface area (Å²) in [6, 6.07) is 0. The van der Waals surface area contributed by atoms with E-state index in [2.05, 4.69) is 20.8 Å². The van der Waals surface area contributed by atoms with Crippen molar-refractivity contribution in [3.05, 3.63) is 0 Å². The normalized spacial score (nSPS) is 46.6. The second-order valence-corrected chi connectivity index (χ2v) is 6.47. The second-order valence-electron chi connectivity index (χ2n) is 6.47. The first-order valence-corrected chi connectivity index (χ1v) is 5.69. The minimum Gasteiger partial charge on any atom is -0.384 e. The molecule has 0 amide bonds. The summed E-state index contributed by atoms with van der Waals surface area (Å²) < 4.78 is 5.19. The molecule has 2 aliphatic rings. The van der Waals surface area contributed by atoms with Gasteiger partial charge in [-0.05, 0) is 25.2 Å². The van der Waals surface area contributed by atoms with Gasteiger partial charge in [-0.2, -0.15) is 0 Å². The topological polar surface area (TPSA) is 66.8 Å². The molecule has 2 fully saturated rings.